The van der Waals surface area contributed by atoms with Crippen molar-refractivity contribution >= 4 is 29.1 Å². The highest BCUT2D eigenvalue weighted by Crippen LogP contribution is 2.26. The van der Waals surface area contributed by atoms with Crippen LogP contribution < -0.4 is 16.0 Å². The molecule has 0 aliphatic carbocycles. The second-order valence-electron chi connectivity index (χ2n) is 3.10. The van der Waals surface area contributed by atoms with E-state index in [9.17, 15) is 4.79 Å². The standard InChI is InChI=1S/C10H12Cl2N2O2/c11-8-4-3-7(6-9(8)12)16-5-1-2-10(15)14-13/h3-4,6H,1-2,5,13H2,(H,14,15). The molecule has 88 valence electrons. The summed E-state index contributed by atoms with van der Waals surface area (Å²) in [5.41, 5.74) is 2.05. The van der Waals surface area contributed by atoms with Gasteiger partial charge >= 0.3 is 0 Å². The predicted octanol–water partition coefficient (Wildman–Crippen LogP) is 2.14. The van der Waals surface area contributed by atoms with E-state index in [4.69, 9.17) is 33.8 Å². The molecule has 1 amide bonds. The van der Waals surface area contributed by atoms with E-state index >= 15 is 0 Å². The van der Waals surface area contributed by atoms with Crippen LogP contribution in [0.3, 0.4) is 0 Å². The Morgan fingerprint density at radius 2 is 2.12 bits per heavy atom. The number of halogens is 2. The van der Waals surface area contributed by atoms with Crippen molar-refractivity contribution in [1.82, 2.24) is 5.43 Å². The van der Waals surface area contributed by atoms with Crippen LogP contribution >= 0.6 is 23.2 Å². The van der Waals surface area contributed by atoms with E-state index in [-0.39, 0.29) is 5.91 Å². The maximum atomic E-state index is 10.8. The van der Waals surface area contributed by atoms with Gasteiger partial charge in [0.1, 0.15) is 5.75 Å². The molecule has 1 aromatic carbocycles. The Hall–Kier alpha value is -0.970. The topological polar surface area (TPSA) is 64.3 Å². The maximum absolute atomic E-state index is 10.8. The van der Waals surface area contributed by atoms with Crippen LogP contribution in [0, 0.1) is 0 Å². The van der Waals surface area contributed by atoms with Crippen LogP contribution in [-0.4, -0.2) is 12.5 Å². The SMILES string of the molecule is NNC(=O)CCCOc1ccc(Cl)c(Cl)c1. The first-order chi connectivity index (χ1) is 7.63. The first-order valence-electron chi connectivity index (χ1n) is 4.71. The number of carbonyl (C=O) groups is 1. The molecule has 0 aromatic heterocycles. The summed E-state index contributed by atoms with van der Waals surface area (Å²) < 4.78 is 5.37. The smallest absolute Gasteiger partial charge is 0.234 e. The third-order valence-corrected chi connectivity index (χ3v) is 2.61. The van der Waals surface area contributed by atoms with Crippen molar-refractivity contribution in [3.8, 4) is 5.75 Å². The van der Waals surface area contributed by atoms with E-state index < -0.39 is 0 Å². The number of carbonyl (C=O) groups excluding carboxylic acids is 1. The number of hydrazine groups is 1. The summed E-state index contributed by atoms with van der Waals surface area (Å²) in [6.07, 6.45) is 0.918. The lowest BCUT2D eigenvalue weighted by Gasteiger charge is -2.06. The minimum Gasteiger partial charge on any atom is -0.494 e. The number of nitrogens with one attached hydrogen (secondary N) is 1. The quantitative estimate of drug-likeness (QED) is 0.370. The number of benzene rings is 1. The van der Waals surface area contributed by atoms with Gasteiger partial charge in [0.15, 0.2) is 0 Å². The molecule has 1 rings (SSSR count). The van der Waals surface area contributed by atoms with Crippen molar-refractivity contribution in [3.05, 3.63) is 28.2 Å². The molecule has 0 unspecified atom stereocenters. The maximum Gasteiger partial charge on any atom is 0.234 e. The molecule has 4 nitrogen and oxygen atoms in total. The van der Waals surface area contributed by atoms with Crippen molar-refractivity contribution in [2.24, 2.45) is 5.84 Å². The lowest BCUT2D eigenvalue weighted by molar-refractivity contribution is -0.121. The van der Waals surface area contributed by atoms with Crippen LogP contribution in [0.1, 0.15) is 12.8 Å². The fourth-order valence-corrected chi connectivity index (χ4v) is 1.35. The van der Waals surface area contributed by atoms with E-state index in [0.29, 0.717) is 35.2 Å². The molecule has 0 bridgehead atoms. The van der Waals surface area contributed by atoms with Gasteiger partial charge in [0, 0.05) is 12.5 Å². The molecule has 0 aliphatic heterocycles. The first-order valence-corrected chi connectivity index (χ1v) is 5.46. The van der Waals surface area contributed by atoms with Crippen molar-refractivity contribution < 1.29 is 9.53 Å². The third-order valence-electron chi connectivity index (χ3n) is 1.87. The predicted molar refractivity (Wildman–Crippen MR) is 63.5 cm³/mol. The van der Waals surface area contributed by atoms with Crippen LogP contribution in [0.4, 0.5) is 0 Å². The van der Waals surface area contributed by atoms with Crippen molar-refractivity contribution in [2.45, 2.75) is 12.8 Å². The van der Waals surface area contributed by atoms with Gasteiger partial charge in [-0.3, -0.25) is 10.2 Å². The Balaban J connectivity index is 2.32. The van der Waals surface area contributed by atoms with Gasteiger partial charge in [0.2, 0.25) is 5.91 Å². The van der Waals surface area contributed by atoms with Crippen molar-refractivity contribution in [2.75, 3.05) is 6.61 Å². The fourth-order valence-electron chi connectivity index (χ4n) is 1.06. The van der Waals surface area contributed by atoms with Crippen molar-refractivity contribution in [1.29, 1.82) is 0 Å². The van der Waals surface area contributed by atoms with E-state index in [1.54, 1.807) is 18.2 Å². The lowest BCUT2D eigenvalue weighted by Crippen LogP contribution is -2.29. The van der Waals surface area contributed by atoms with Crippen LogP contribution in [0.15, 0.2) is 18.2 Å². The molecule has 0 saturated carbocycles. The van der Waals surface area contributed by atoms with Gasteiger partial charge in [-0.2, -0.15) is 0 Å². The second kappa shape index (κ2) is 6.58. The average Bonchev–Trinajstić information content (AvgIpc) is 2.28. The molecule has 0 heterocycles. The minimum atomic E-state index is -0.210. The monoisotopic (exact) mass is 262 g/mol. The van der Waals surface area contributed by atoms with Gasteiger partial charge in [0.05, 0.1) is 16.7 Å². The number of amides is 1. The molecule has 0 atom stereocenters. The van der Waals surface area contributed by atoms with Gasteiger partial charge < -0.3 is 4.74 Å². The largest absolute Gasteiger partial charge is 0.494 e. The highest BCUT2D eigenvalue weighted by molar-refractivity contribution is 6.42. The zero-order valence-electron chi connectivity index (χ0n) is 8.50. The zero-order chi connectivity index (χ0) is 12.0. The van der Waals surface area contributed by atoms with E-state index in [1.165, 1.54) is 0 Å². The molecular formula is C10H12Cl2N2O2. The fraction of sp³-hybridized carbons (Fsp3) is 0.300. The summed E-state index contributed by atoms with van der Waals surface area (Å²) >= 11 is 11.6. The summed E-state index contributed by atoms with van der Waals surface area (Å²) in [6.45, 7) is 0.422. The zero-order valence-corrected chi connectivity index (χ0v) is 10.0. The van der Waals surface area contributed by atoms with Crippen LogP contribution in [0.5, 0.6) is 5.75 Å². The number of hydrogen-bond acceptors (Lipinski definition) is 3. The van der Waals surface area contributed by atoms with E-state index in [0.717, 1.165) is 0 Å². The molecular weight excluding hydrogens is 251 g/mol. The van der Waals surface area contributed by atoms with Gasteiger partial charge in [-0.1, -0.05) is 23.2 Å². The Labute approximate surface area is 104 Å². The molecule has 0 fully saturated rings. The summed E-state index contributed by atoms with van der Waals surface area (Å²) in [5.74, 6) is 5.35. The summed E-state index contributed by atoms with van der Waals surface area (Å²) in [5, 5.41) is 0.926. The third kappa shape index (κ3) is 4.26. The molecule has 1 aromatic rings. The minimum absolute atomic E-state index is 0.210. The highest BCUT2D eigenvalue weighted by Gasteiger charge is 2.01. The average molecular weight is 263 g/mol. The molecule has 16 heavy (non-hydrogen) atoms. The number of nitrogens with two attached hydrogens (primary N) is 1. The van der Waals surface area contributed by atoms with Crippen LogP contribution in [-0.2, 0) is 4.79 Å². The van der Waals surface area contributed by atoms with Gasteiger partial charge in [-0.15, -0.1) is 0 Å². The van der Waals surface area contributed by atoms with Crippen LogP contribution in [0.25, 0.3) is 0 Å². The van der Waals surface area contributed by atoms with Gasteiger partial charge in [-0.25, -0.2) is 5.84 Å². The first kappa shape index (κ1) is 13.1. The molecule has 3 N–H and O–H groups in total. The molecule has 0 saturated heterocycles. The lowest BCUT2D eigenvalue weighted by atomic mass is 10.3. The normalized spacial score (nSPS) is 9.94. The number of ether oxygens (including phenoxy) is 1. The second-order valence-corrected chi connectivity index (χ2v) is 3.91. The highest BCUT2D eigenvalue weighted by atomic mass is 35.5. The molecule has 0 aliphatic rings. The summed E-state index contributed by atoms with van der Waals surface area (Å²) in [6, 6.07) is 5.01. The van der Waals surface area contributed by atoms with Gasteiger partial charge in [-0.05, 0) is 18.6 Å². The number of rotatable bonds is 5. The summed E-state index contributed by atoms with van der Waals surface area (Å²) in [7, 11) is 0. The number of hydrogen-bond donors (Lipinski definition) is 2. The summed E-state index contributed by atoms with van der Waals surface area (Å²) in [4.78, 5) is 10.8. The Morgan fingerprint density at radius 1 is 1.38 bits per heavy atom. The van der Waals surface area contributed by atoms with Crippen LogP contribution in [0.2, 0.25) is 10.0 Å². The van der Waals surface area contributed by atoms with E-state index in [2.05, 4.69) is 0 Å². The Morgan fingerprint density at radius 3 is 2.75 bits per heavy atom. The Bertz CT molecular complexity index is 372. The molecule has 6 heteroatoms. The van der Waals surface area contributed by atoms with E-state index in [1.807, 2.05) is 5.43 Å². The Kier molecular flexibility index (Phi) is 5.38. The molecule has 0 spiro atoms. The van der Waals surface area contributed by atoms with Crippen molar-refractivity contribution in [3.63, 3.8) is 0 Å². The molecule has 0 radical (unpaired) electrons. The van der Waals surface area contributed by atoms with Gasteiger partial charge in [0.25, 0.3) is 0 Å².